The Balaban J connectivity index is 1.72. The molecule has 0 spiro atoms. The molecule has 1 aliphatic rings. The number of furan rings is 1. The van der Waals surface area contributed by atoms with E-state index >= 15 is 0 Å². The Bertz CT molecular complexity index is 1830. The summed E-state index contributed by atoms with van der Waals surface area (Å²) in [5.41, 5.74) is 1.96. The maximum Gasteiger partial charge on any atom is 0.216 e. The van der Waals surface area contributed by atoms with Crippen LogP contribution in [0, 0.1) is 13.8 Å². The Morgan fingerprint density at radius 2 is 1.94 bits per heavy atom. The molecule has 3 nitrogen and oxygen atoms in total. The Morgan fingerprint density at radius 3 is 2.77 bits per heavy atom. The van der Waals surface area contributed by atoms with E-state index in [1.807, 2.05) is 30.7 Å². The summed E-state index contributed by atoms with van der Waals surface area (Å²) in [6, 6.07) is 13.7. The molecular weight excluding hydrogens is 380 g/mol. The van der Waals surface area contributed by atoms with Gasteiger partial charge in [-0.3, -0.25) is 4.98 Å². The molecule has 0 atom stereocenters. The summed E-state index contributed by atoms with van der Waals surface area (Å²) in [6.07, 6.45) is 3.11. The van der Waals surface area contributed by atoms with Crippen molar-refractivity contribution in [3.63, 3.8) is 0 Å². The molecule has 0 bridgehead atoms. The molecule has 3 heterocycles. The number of aryl methyl sites for hydroxylation is 3. The lowest BCUT2D eigenvalue weighted by atomic mass is 9.85. The van der Waals surface area contributed by atoms with Crippen LogP contribution in [-0.2, 0) is 12.5 Å². The fraction of sp³-hybridized carbons (Fsp3) is 0.214. The van der Waals surface area contributed by atoms with Gasteiger partial charge in [0, 0.05) is 52.4 Å². The predicted octanol–water partition coefficient (Wildman–Crippen LogP) is 6.40. The van der Waals surface area contributed by atoms with Crippen LogP contribution in [0.3, 0.4) is 0 Å². The van der Waals surface area contributed by atoms with Gasteiger partial charge in [0.2, 0.25) is 5.69 Å². The molecule has 2 aromatic carbocycles. The minimum Gasteiger partial charge on any atom is -0.455 e. The number of fused-ring (bicyclic) bond motifs is 6. The van der Waals surface area contributed by atoms with Crippen LogP contribution in [0.25, 0.3) is 44.3 Å². The number of hydrogen-bond donors (Lipinski definition) is 0. The van der Waals surface area contributed by atoms with E-state index < -0.39 is 26.0 Å². The maximum atomic E-state index is 8.43. The number of pyridine rings is 2. The summed E-state index contributed by atoms with van der Waals surface area (Å²) in [5.74, 6) is 0. The van der Waals surface area contributed by atoms with Gasteiger partial charge in [0.05, 0.1) is 11.3 Å². The normalized spacial score (nSPS) is 19.7. The van der Waals surface area contributed by atoms with E-state index in [0.29, 0.717) is 38.9 Å². The zero-order chi connectivity index (χ0) is 29.0. The first-order valence-corrected chi connectivity index (χ1v) is 10.0. The molecular formula is C28H25N2O+. The average molecular weight is 415 g/mol. The van der Waals surface area contributed by atoms with Gasteiger partial charge >= 0.3 is 0 Å². The van der Waals surface area contributed by atoms with E-state index in [4.69, 9.17) is 16.8 Å². The summed E-state index contributed by atoms with van der Waals surface area (Å²) in [6.45, 7) is -6.26. The summed E-state index contributed by atoms with van der Waals surface area (Å²) >= 11 is 0. The lowest BCUT2D eigenvalue weighted by molar-refractivity contribution is -0.660. The van der Waals surface area contributed by atoms with E-state index in [1.165, 1.54) is 12.3 Å². The van der Waals surface area contributed by atoms with Gasteiger partial charge in [-0.05, 0) is 54.2 Å². The van der Waals surface area contributed by atoms with Crippen LogP contribution < -0.4 is 4.57 Å². The Hall–Kier alpha value is -3.46. The highest BCUT2D eigenvalue weighted by molar-refractivity contribution is 6.11. The van der Waals surface area contributed by atoms with Crippen molar-refractivity contribution < 1.29 is 21.3 Å². The molecule has 0 saturated heterocycles. The largest absolute Gasteiger partial charge is 0.455 e. The first kappa shape index (κ1) is 11.2. The lowest BCUT2D eigenvalue weighted by Gasteiger charge is -2.19. The van der Waals surface area contributed by atoms with Gasteiger partial charge in [0.25, 0.3) is 0 Å². The number of nitrogens with zero attached hydrogens (tertiary/aromatic N) is 2. The maximum absolute atomic E-state index is 8.43. The predicted molar refractivity (Wildman–Crippen MR) is 125 cm³/mol. The van der Waals surface area contributed by atoms with Crippen molar-refractivity contribution in [1.82, 2.24) is 4.98 Å². The molecule has 0 amide bonds. The topological polar surface area (TPSA) is 29.9 Å². The second kappa shape index (κ2) is 6.04. The van der Waals surface area contributed by atoms with Crippen LogP contribution in [0.15, 0.2) is 65.3 Å². The standard InChI is InChI=1S/C28H25N2O/c1-16-10-12-30(5)23(13-16)25-17(2)8-9-18-21-14-20-19-7-6-11-29-27(19)28(3,4)22(20)15-24(21)31-26(18)25/h6-15H,1-5H3/q+1/i1D3,3D3,4D3. The second-order valence-corrected chi connectivity index (χ2v) is 8.19. The first-order chi connectivity index (χ1) is 18.6. The van der Waals surface area contributed by atoms with Crippen molar-refractivity contribution in [3.8, 4) is 22.4 Å². The van der Waals surface area contributed by atoms with Crippen molar-refractivity contribution in [1.29, 1.82) is 0 Å². The molecule has 0 fully saturated rings. The highest BCUT2D eigenvalue weighted by Crippen LogP contribution is 2.50. The van der Waals surface area contributed by atoms with Crippen LogP contribution in [0.4, 0.5) is 0 Å². The van der Waals surface area contributed by atoms with E-state index in [0.717, 1.165) is 10.9 Å². The first-order valence-electron chi connectivity index (χ1n) is 14.5. The molecule has 0 unspecified atom stereocenters. The monoisotopic (exact) mass is 414 g/mol. The molecule has 0 radical (unpaired) electrons. The van der Waals surface area contributed by atoms with Gasteiger partial charge in [-0.15, -0.1) is 0 Å². The second-order valence-electron chi connectivity index (χ2n) is 8.19. The van der Waals surface area contributed by atoms with Gasteiger partial charge in [-0.2, -0.15) is 0 Å². The van der Waals surface area contributed by atoms with Gasteiger partial charge in [-0.1, -0.05) is 31.9 Å². The molecule has 6 rings (SSSR count). The number of hydrogen-bond acceptors (Lipinski definition) is 2. The zero-order valence-corrected chi connectivity index (χ0v) is 17.1. The van der Waals surface area contributed by atoms with E-state index in [1.54, 1.807) is 36.5 Å². The third-order valence-electron chi connectivity index (χ3n) is 6.25. The highest BCUT2D eigenvalue weighted by Gasteiger charge is 2.37. The minimum atomic E-state index is -2.93. The summed E-state index contributed by atoms with van der Waals surface area (Å²) < 4.78 is 82.5. The Kier molecular flexibility index (Phi) is 2.19. The molecule has 0 aliphatic heterocycles. The quantitative estimate of drug-likeness (QED) is 0.297. The zero-order valence-electron chi connectivity index (χ0n) is 26.1. The summed E-state index contributed by atoms with van der Waals surface area (Å²) in [5, 5.41) is 1.43. The van der Waals surface area contributed by atoms with Gasteiger partial charge in [0.1, 0.15) is 18.2 Å². The van der Waals surface area contributed by atoms with Gasteiger partial charge < -0.3 is 4.42 Å². The smallest absolute Gasteiger partial charge is 0.216 e. The van der Waals surface area contributed by atoms with E-state index in [2.05, 4.69) is 4.98 Å². The van der Waals surface area contributed by atoms with Crippen molar-refractivity contribution in [2.45, 2.75) is 32.9 Å². The van der Waals surface area contributed by atoms with Gasteiger partial charge in [-0.25, -0.2) is 4.57 Å². The third-order valence-corrected chi connectivity index (χ3v) is 6.25. The minimum absolute atomic E-state index is 0.00648. The van der Waals surface area contributed by atoms with Crippen molar-refractivity contribution >= 4 is 21.9 Å². The van der Waals surface area contributed by atoms with Crippen LogP contribution in [-0.4, -0.2) is 4.98 Å². The van der Waals surface area contributed by atoms with Crippen molar-refractivity contribution in [3.05, 3.63) is 83.3 Å². The highest BCUT2D eigenvalue weighted by atomic mass is 16.3. The van der Waals surface area contributed by atoms with E-state index in [-0.39, 0.29) is 16.8 Å². The number of benzene rings is 2. The number of aromatic nitrogens is 2. The Labute approximate surface area is 194 Å². The third kappa shape index (κ3) is 2.40. The fourth-order valence-electron chi connectivity index (χ4n) is 4.70. The van der Waals surface area contributed by atoms with Crippen molar-refractivity contribution in [2.75, 3.05) is 0 Å². The van der Waals surface area contributed by atoms with Crippen LogP contribution in [0.1, 0.15) is 48.4 Å². The molecule has 0 N–H and O–H groups in total. The average Bonchev–Trinajstić information content (AvgIpc) is 3.35. The summed E-state index contributed by atoms with van der Waals surface area (Å²) in [4.78, 5) is 4.30. The van der Waals surface area contributed by atoms with Crippen molar-refractivity contribution in [2.24, 2.45) is 7.05 Å². The molecule has 31 heavy (non-hydrogen) atoms. The van der Waals surface area contributed by atoms with E-state index in [9.17, 15) is 0 Å². The SMILES string of the molecule is [2H]C([2H])([2H])c1cc[n+](C)c(-c2c(C)ccc3c2oc2cc4c(cc23)-c2cccnc2C4(C([2H])([2H])[2H])C([2H])([2H])[2H])c1. The van der Waals surface area contributed by atoms with Crippen LogP contribution in [0.5, 0.6) is 0 Å². The molecule has 5 aromatic rings. The van der Waals surface area contributed by atoms with Crippen LogP contribution in [0.2, 0.25) is 0 Å². The molecule has 1 aliphatic carbocycles. The number of rotatable bonds is 1. The molecule has 0 saturated carbocycles. The van der Waals surface area contributed by atoms with Crippen LogP contribution >= 0.6 is 0 Å². The molecule has 3 heteroatoms. The molecule has 152 valence electrons. The summed E-state index contributed by atoms with van der Waals surface area (Å²) in [7, 11) is 1.82. The molecule has 3 aromatic heterocycles. The van der Waals surface area contributed by atoms with Gasteiger partial charge in [0.15, 0.2) is 6.20 Å². The lowest BCUT2D eigenvalue weighted by Crippen LogP contribution is -2.30. The fourth-order valence-corrected chi connectivity index (χ4v) is 4.70. The Morgan fingerprint density at radius 1 is 1.03 bits per heavy atom.